The van der Waals surface area contributed by atoms with E-state index in [2.05, 4.69) is 86.6 Å². The maximum absolute atomic E-state index is 3.58. The van der Waals surface area contributed by atoms with Gasteiger partial charge in [-0.25, -0.2) is 0 Å². The van der Waals surface area contributed by atoms with Crippen molar-refractivity contribution in [2.24, 2.45) is 0 Å². The van der Waals surface area contributed by atoms with E-state index in [1.54, 1.807) is 0 Å². The van der Waals surface area contributed by atoms with Crippen molar-refractivity contribution in [2.45, 2.75) is 25.9 Å². The fourth-order valence-corrected chi connectivity index (χ4v) is 2.66. The van der Waals surface area contributed by atoms with Gasteiger partial charge in [-0.05, 0) is 42.7 Å². The molecule has 0 amide bonds. The van der Waals surface area contributed by atoms with Gasteiger partial charge < -0.3 is 5.32 Å². The summed E-state index contributed by atoms with van der Waals surface area (Å²) in [6.45, 7) is 3.11. The summed E-state index contributed by atoms with van der Waals surface area (Å²) in [6, 6.07) is 17.3. The Kier molecular flexibility index (Phi) is 5.61. The average Bonchev–Trinajstić information content (AvgIpc) is 2.40. The van der Waals surface area contributed by atoms with E-state index in [1.807, 2.05) is 6.07 Å². The molecule has 19 heavy (non-hydrogen) atoms. The molecular formula is C16H17Br2N. The van der Waals surface area contributed by atoms with E-state index < -0.39 is 0 Å². The van der Waals surface area contributed by atoms with Gasteiger partial charge in [-0.2, -0.15) is 0 Å². The molecule has 0 fully saturated rings. The topological polar surface area (TPSA) is 12.0 Å². The van der Waals surface area contributed by atoms with E-state index in [0.29, 0.717) is 6.04 Å². The molecule has 0 saturated heterocycles. The number of rotatable bonds is 5. The van der Waals surface area contributed by atoms with Crippen molar-refractivity contribution in [3.05, 3.63) is 68.6 Å². The summed E-state index contributed by atoms with van der Waals surface area (Å²) in [6.07, 6.45) is 1.04. The summed E-state index contributed by atoms with van der Waals surface area (Å²) >= 11 is 7.04. The monoisotopic (exact) mass is 381 g/mol. The molecule has 0 radical (unpaired) electrons. The Morgan fingerprint density at radius 3 is 2.37 bits per heavy atom. The van der Waals surface area contributed by atoms with E-state index in [0.717, 1.165) is 17.4 Å². The third-order valence-electron chi connectivity index (χ3n) is 3.05. The van der Waals surface area contributed by atoms with Gasteiger partial charge in [-0.1, -0.05) is 62.2 Å². The summed E-state index contributed by atoms with van der Waals surface area (Å²) in [7, 11) is 0. The lowest BCUT2D eigenvalue weighted by molar-refractivity contribution is 0.544. The molecule has 0 spiro atoms. The van der Waals surface area contributed by atoms with Crippen molar-refractivity contribution in [1.82, 2.24) is 5.32 Å². The molecule has 0 aliphatic carbocycles. The van der Waals surface area contributed by atoms with Crippen molar-refractivity contribution < 1.29 is 0 Å². The number of halogens is 2. The van der Waals surface area contributed by atoms with Crippen LogP contribution in [0.25, 0.3) is 0 Å². The molecule has 0 bridgehead atoms. The molecule has 2 rings (SSSR count). The zero-order valence-electron chi connectivity index (χ0n) is 10.9. The molecular weight excluding hydrogens is 366 g/mol. The molecule has 1 unspecified atom stereocenters. The van der Waals surface area contributed by atoms with Crippen LogP contribution in [0.1, 0.15) is 18.1 Å². The number of nitrogens with one attached hydrogen (secondary N) is 1. The largest absolute Gasteiger partial charge is 0.310 e. The van der Waals surface area contributed by atoms with E-state index in [9.17, 15) is 0 Å². The standard InChI is InChI=1S/C16H17Br2N/c1-12(10-13-6-8-15(17)9-7-13)19-11-14-4-2-3-5-16(14)18/h2-9,12,19H,10-11H2,1H3. The van der Waals surface area contributed by atoms with Crippen molar-refractivity contribution in [3.63, 3.8) is 0 Å². The Hall–Kier alpha value is -0.640. The van der Waals surface area contributed by atoms with E-state index in [1.165, 1.54) is 15.6 Å². The molecule has 0 heterocycles. The molecule has 0 aromatic heterocycles. The summed E-state index contributed by atoms with van der Waals surface area (Å²) < 4.78 is 2.29. The van der Waals surface area contributed by atoms with Crippen molar-refractivity contribution in [1.29, 1.82) is 0 Å². The lowest BCUT2D eigenvalue weighted by Crippen LogP contribution is -2.27. The molecule has 2 aromatic carbocycles. The van der Waals surface area contributed by atoms with Crippen LogP contribution in [0.15, 0.2) is 57.5 Å². The van der Waals surface area contributed by atoms with Crippen LogP contribution in [0, 0.1) is 0 Å². The van der Waals surface area contributed by atoms with Crippen LogP contribution < -0.4 is 5.32 Å². The number of hydrogen-bond acceptors (Lipinski definition) is 1. The summed E-state index contributed by atoms with van der Waals surface area (Å²) in [5.41, 5.74) is 2.65. The SMILES string of the molecule is CC(Cc1ccc(Br)cc1)NCc1ccccc1Br. The van der Waals surface area contributed by atoms with E-state index in [4.69, 9.17) is 0 Å². The Bertz CT molecular complexity index is 523. The highest BCUT2D eigenvalue weighted by Crippen LogP contribution is 2.16. The van der Waals surface area contributed by atoms with Crippen LogP contribution in [0.2, 0.25) is 0 Å². The minimum atomic E-state index is 0.452. The lowest BCUT2D eigenvalue weighted by Gasteiger charge is -2.14. The molecule has 1 N–H and O–H groups in total. The fourth-order valence-electron chi connectivity index (χ4n) is 1.97. The number of benzene rings is 2. The predicted molar refractivity (Wildman–Crippen MR) is 88.3 cm³/mol. The zero-order valence-corrected chi connectivity index (χ0v) is 14.0. The highest BCUT2D eigenvalue weighted by Gasteiger charge is 2.04. The van der Waals surface area contributed by atoms with Crippen LogP contribution >= 0.6 is 31.9 Å². The quantitative estimate of drug-likeness (QED) is 0.772. The highest BCUT2D eigenvalue weighted by atomic mass is 79.9. The predicted octanol–water partition coefficient (Wildman–Crippen LogP) is 4.93. The Balaban J connectivity index is 1.86. The maximum Gasteiger partial charge on any atom is 0.0220 e. The summed E-state index contributed by atoms with van der Waals surface area (Å²) in [4.78, 5) is 0. The first-order valence-corrected chi connectivity index (χ1v) is 7.95. The third-order valence-corrected chi connectivity index (χ3v) is 4.36. The van der Waals surface area contributed by atoms with Gasteiger partial charge in [-0.15, -0.1) is 0 Å². The molecule has 0 aliphatic heterocycles. The fraction of sp³-hybridized carbons (Fsp3) is 0.250. The molecule has 3 heteroatoms. The molecule has 2 aromatic rings. The van der Waals surface area contributed by atoms with Crippen molar-refractivity contribution in [3.8, 4) is 0 Å². The zero-order chi connectivity index (χ0) is 13.7. The van der Waals surface area contributed by atoms with Crippen LogP contribution in [0.5, 0.6) is 0 Å². The van der Waals surface area contributed by atoms with Gasteiger partial charge in [-0.3, -0.25) is 0 Å². The second kappa shape index (κ2) is 7.22. The smallest absolute Gasteiger partial charge is 0.0220 e. The average molecular weight is 383 g/mol. The molecule has 100 valence electrons. The molecule has 0 saturated carbocycles. The van der Waals surface area contributed by atoms with Crippen LogP contribution in [0.4, 0.5) is 0 Å². The van der Waals surface area contributed by atoms with Gasteiger partial charge in [0, 0.05) is 21.5 Å². The summed E-state index contributed by atoms with van der Waals surface area (Å²) in [5, 5.41) is 3.56. The van der Waals surface area contributed by atoms with Crippen molar-refractivity contribution in [2.75, 3.05) is 0 Å². The van der Waals surface area contributed by atoms with Gasteiger partial charge in [0.1, 0.15) is 0 Å². The second-order valence-corrected chi connectivity index (χ2v) is 6.47. The first-order chi connectivity index (χ1) is 9.15. The second-order valence-electron chi connectivity index (χ2n) is 4.70. The third kappa shape index (κ3) is 4.75. The van der Waals surface area contributed by atoms with Gasteiger partial charge in [0.2, 0.25) is 0 Å². The summed E-state index contributed by atoms with van der Waals surface area (Å²) in [5.74, 6) is 0. The van der Waals surface area contributed by atoms with Gasteiger partial charge >= 0.3 is 0 Å². The normalized spacial score (nSPS) is 12.4. The minimum absolute atomic E-state index is 0.452. The van der Waals surface area contributed by atoms with Crippen LogP contribution in [-0.2, 0) is 13.0 Å². The Morgan fingerprint density at radius 2 is 1.68 bits per heavy atom. The number of hydrogen-bond donors (Lipinski definition) is 1. The first kappa shape index (κ1) is 14.8. The molecule has 0 aliphatic rings. The van der Waals surface area contributed by atoms with Crippen LogP contribution in [-0.4, -0.2) is 6.04 Å². The highest BCUT2D eigenvalue weighted by molar-refractivity contribution is 9.10. The Morgan fingerprint density at radius 1 is 1.00 bits per heavy atom. The van der Waals surface area contributed by atoms with Gasteiger partial charge in [0.25, 0.3) is 0 Å². The molecule has 1 atom stereocenters. The Labute approximate surface area is 131 Å². The molecule has 1 nitrogen and oxygen atoms in total. The van der Waals surface area contributed by atoms with Gasteiger partial charge in [0.15, 0.2) is 0 Å². The van der Waals surface area contributed by atoms with E-state index in [-0.39, 0.29) is 0 Å². The van der Waals surface area contributed by atoms with Crippen LogP contribution in [0.3, 0.4) is 0 Å². The first-order valence-electron chi connectivity index (χ1n) is 6.36. The minimum Gasteiger partial charge on any atom is -0.310 e. The lowest BCUT2D eigenvalue weighted by atomic mass is 10.1. The van der Waals surface area contributed by atoms with E-state index >= 15 is 0 Å². The maximum atomic E-state index is 3.58. The van der Waals surface area contributed by atoms with Gasteiger partial charge in [0.05, 0.1) is 0 Å². The van der Waals surface area contributed by atoms with Crippen molar-refractivity contribution >= 4 is 31.9 Å².